The van der Waals surface area contributed by atoms with E-state index in [1.165, 1.54) is 29.6 Å². The minimum Gasteiger partial charge on any atom is -0.474 e. The minimum atomic E-state index is -1.29. The van der Waals surface area contributed by atoms with Crippen LogP contribution in [-0.4, -0.2) is 31.6 Å². The number of fused-ring (bicyclic) bond motifs is 1. The highest BCUT2D eigenvalue weighted by Gasteiger charge is 2.28. The van der Waals surface area contributed by atoms with E-state index in [1.807, 2.05) is 6.07 Å². The summed E-state index contributed by atoms with van der Waals surface area (Å²) in [6.45, 7) is 0. The molecule has 7 nitrogen and oxygen atoms in total. The lowest BCUT2D eigenvalue weighted by Gasteiger charge is -2.14. The molecule has 0 spiro atoms. The third-order valence-electron chi connectivity index (χ3n) is 3.65. The number of rotatable bonds is 3. The molecular weight excluding hydrogens is 313 g/mol. The lowest BCUT2D eigenvalue weighted by Crippen LogP contribution is -2.16. The zero-order chi connectivity index (χ0) is 16.5. The molecule has 120 valence electrons. The summed E-state index contributed by atoms with van der Waals surface area (Å²) in [7, 11) is 0. The Bertz CT molecular complexity index is 925. The molecule has 3 heterocycles. The molecule has 1 aliphatic rings. The van der Waals surface area contributed by atoms with Crippen LogP contribution < -0.4 is 5.32 Å². The number of hydrogen-bond acceptors (Lipinski definition) is 5. The summed E-state index contributed by atoms with van der Waals surface area (Å²) < 4.78 is 20.5. The lowest BCUT2D eigenvalue weighted by atomic mass is 10.2. The average Bonchev–Trinajstić information content (AvgIpc) is 3.22. The maximum Gasteiger partial charge on any atom is 0.256 e. The van der Waals surface area contributed by atoms with Gasteiger partial charge in [0.25, 0.3) is 5.91 Å². The monoisotopic (exact) mass is 325 g/mol. The summed E-state index contributed by atoms with van der Waals surface area (Å²) in [4.78, 5) is 24.7. The van der Waals surface area contributed by atoms with Crippen LogP contribution in [0.2, 0.25) is 0 Å². The number of nitrogens with zero attached hydrogens (tertiary/aromatic N) is 4. The fourth-order valence-corrected chi connectivity index (χ4v) is 2.49. The quantitative estimate of drug-likeness (QED) is 0.800. The van der Waals surface area contributed by atoms with Gasteiger partial charge in [0.05, 0.1) is 6.26 Å². The first kappa shape index (κ1) is 14.3. The summed E-state index contributed by atoms with van der Waals surface area (Å²) >= 11 is 0. The summed E-state index contributed by atoms with van der Waals surface area (Å²) in [5.41, 5.74) is 1.24. The van der Waals surface area contributed by atoms with Crippen molar-refractivity contribution >= 4 is 22.9 Å². The van der Waals surface area contributed by atoms with Crippen LogP contribution in [0, 0.1) is 0 Å². The second-order valence-electron chi connectivity index (χ2n) is 5.17. The van der Waals surface area contributed by atoms with Gasteiger partial charge >= 0.3 is 0 Å². The standard InChI is InChI=1S/C16H12FN5O2/c17-11-6-7-24-16(11)22-9-20-12-13(18-8-19-14(12)22)21-15(23)10-4-2-1-3-5-10/h1-9,11,16H,(H,18,19,21,23)/t11?,16-/m1/s1. The van der Waals surface area contributed by atoms with Gasteiger partial charge in [0.15, 0.2) is 23.2 Å². The average molecular weight is 325 g/mol. The number of anilines is 1. The van der Waals surface area contributed by atoms with E-state index in [-0.39, 0.29) is 11.7 Å². The highest BCUT2D eigenvalue weighted by Crippen LogP contribution is 2.28. The Kier molecular flexibility index (Phi) is 3.42. The molecule has 0 fully saturated rings. The van der Waals surface area contributed by atoms with Crippen molar-refractivity contribution in [1.82, 2.24) is 19.5 Å². The van der Waals surface area contributed by atoms with Gasteiger partial charge in [-0.1, -0.05) is 18.2 Å². The molecule has 0 saturated carbocycles. The number of amides is 1. The Morgan fingerprint density at radius 2 is 2.04 bits per heavy atom. The van der Waals surface area contributed by atoms with Crippen LogP contribution >= 0.6 is 0 Å². The van der Waals surface area contributed by atoms with Crippen molar-refractivity contribution < 1.29 is 13.9 Å². The van der Waals surface area contributed by atoms with Gasteiger partial charge < -0.3 is 10.1 Å². The molecule has 3 aromatic rings. The maximum atomic E-state index is 13.8. The van der Waals surface area contributed by atoms with Crippen molar-refractivity contribution in [1.29, 1.82) is 0 Å². The van der Waals surface area contributed by atoms with Gasteiger partial charge in [0.1, 0.15) is 12.7 Å². The Hall–Kier alpha value is -3.29. The number of nitrogens with one attached hydrogen (secondary N) is 1. The van der Waals surface area contributed by atoms with Crippen molar-refractivity contribution in [2.24, 2.45) is 0 Å². The Morgan fingerprint density at radius 1 is 1.21 bits per heavy atom. The van der Waals surface area contributed by atoms with Gasteiger partial charge in [0.2, 0.25) is 6.23 Å². The highest BCUT2D eigenvalue weighted by atomic mass is 19.1. The van der Waals surface area contributed by atoms with Gasteiger partial charge in [-0.05, 0) is 18.2 Å². The van der Waals surface area contributed by atoms with Crippen molar-refractivity contribution in [3.63, 3.8) is 0 Å². The fourth-order valence-electron chi connectivity index (χ4n) is 2.49. The highest BCUT2D eigenvalue weighted by molar-refractivity contribution is 6.06. The molecule has 1 aromatic carbocycles. The maximum absolute atomic E-state index is 13.8. The molecule has 1 aliphatic heterocycles. The van der Waals surface area contributed by atoms with E-state index < -0.39 is 12.4 Å². The Morgan fingerprint density at radius 3 is 2.79 bits per heavy atom. The smallest absolute Gasteiger partial charge is 0.256 e. The van der Waals surface area contributed by atoms with E-state index in [1.54, 1.807) is 24.3 Å². The van der Waals surface area contributed by atoms with E-state index in [4.69, 9.17) is 4.74 Å². The second-order valence-corrected chi connectivity index (χ2v) is 5.17. The second kappa shape index (κ2) is 5.73. The number of halogens is 1. The van der Waals surface area contributed by atoms with Crippen LogP contribution in [0.5, 0.6) is 0 Å². The first-order valence-corrected chi connectivity index (χ1v) is 7.24. The zero-order valence-electron chi connectivity index (χ0n) is 12.3. The van der Waals surface area contributed by atoms with Crippen LogP contribution in [0.4, 0.5) is 10.2 Å². The zero-order valence-corrected chi connectivity index (χ0v) is 12.3. The van der Waals surface area contributed by atoms with E-state index in [0.717, 1.165) is 0 Å². The van der Waals surface area contributed by atoms with Crippen LogP contribution in [-0.2, 0) is 4.74 Å². The predicted octanol–water partition coefficient (Wildman–Crippen LogP) is 2.46. The summed E-state index contributed by atoms with van der Waals surface area (Å²) in [6, 6.07) is 8.75. The molecule has 1 amide bonds. The lowest BCUT2D eigenvalue weighted by molar-refractivity contribution is 0.0541. The predicted molar refractivity (Wildman–Crippen MR) is 83.9 cm³/mol. The number of hydrogen-bond donors (Lipinski definition) is 1. The molecule has 2 aromatic heterocycles. The van der Waals surface area contributed by atoms with Gasteiger partial charge in [-0.3, -0.25) is 9.36 Å². The molecule has 1 unspecified atom stereocenters. The Labute approximate surface area is 135 Å². The Balaban J connectivity index is 1.68. The SMILES string of the molecule is O=C(Nc1ncnc2c1ncn2[C@@H]1OC=CC1F)c1ccccc1. The number of aromatic nitrogens is 4. The first-order chi connectivity index (χ1) is 11.7. The first-order valence-electron chi connectivity index (χ1n) is 7.24. The number of carbonyl (C=O) groups is 1. The number of benzene rings is 1. The normalized spacial score (nSPS) is 19.4. The van der Waals surface area contributed by atoms with Crippen molar-refractivity contribution in [3.8, 4) is 0 Å². The number of carbonyl (C=O) groups excluding carboxylic acids is 1. The molecular formula is C16H12FN5O2. The number of alkyl halides is 1. The van der Waals surface area contributed by atoms with E-state index in [0.29, 0.717) is 16.7 Å². The summed E-state index contributed by atoms with van der Waals surface area (Å²) in [5.74, 6) is -0.0544. The van der Waals surface area contributed by atoms with Crippen molar-refractivity contribution in [3.05, 3.63) is 60.9 Å². The van der Waals surface area contributed by atoms with E-state index in [2.05, 4.69) is 20.3 Å². The molecule has 0 bridgehead atoms. The third-order valence-corrected chi connectivity index (χ3v) is 3.65. The number of imidazole rings is 1. The molecule has 1 N–H and O–H groups in total. The van der Waals surface area contributed by atoms with Crippen LogP contribution in [0.15, 0.2) is 55.3 Å². The molecule has 24 heavy (non-hydrogen) atoms. The fraction of sp³-hybridized carbons (Fsp3) is 0.125. The van der Waals surface area contributed by atoms with E-state index in [9.17, 15) is 9.18 Å². The molecule has 0 radical (unpaired) electrons. The van der Waals surface area contributed by atoms with E-state index >= 15 is 0 Å². The van der Waals surface area contributed by atoms with Gasteiger partial charge in [0, 0.05) is 5.56 Å². The van der Waals surface area contributed by atoms with Gasteiger partial charge in [-0.25, -0.2) is 19.3 Å². The third kappa shape index (κ3) is 2.37. The van der Waals surface area contributed by atoms with Crippen LogP contribution in [0.3, 0.4) is 0 Å². The molecule has 4 rings (SSSR count). The largest absolute Gasteiger partial charge is 0.474 e. The molecule has 0 saturated heterocycles. The minimum absolute atomic E-state index is 0.258. The van der Waals surface area contributed by atoms with Crippen molar-refractivity contribution in [2.75, 3.05) is 5.32 Å². The van der Waals surface area contributed by atoms with Gasteiger partial charge in [-0.2, -0.15) is 0 Å². The molecule has 8 heteroatoms. The molecule has 2 atom stereocenters. The summed E-state index contributed by atoms with van der Waals surface area (Å²) in [6.07, 6.45) is 3.18. The van der Waals surface area contributed by atoms with Crippen molar-refractivity contribution in [2.45, 2.75) is 12.4 Å². The number of ether oxygens (including phenoxy) is 1. The van der Waals surface area contributed by atoms with Crippen LogP contribution in [0.25, 0.3) is 11.2 Å². The summed E-state index contributed by atoms with van der Waals surface area (Å²) in [5, 5.41) is 2.70. The van der Waals surface area contributed by atoms with Crippen LogP contribution in [0.1, 0.15) is 16.6 Å². The topological polar surface area (TPSA) is 81.9 Å². The molecule has 0 aliphatic carbocycles. The van der Waals surface area contributed by atoms with Gasteiger partial charge in [-0.15, -0.1) is 0 Å².